The molecule has 0 aliphatic carbocycles. The van der Waals surface area contributed by atoms with Crippen molar-refractivity contribution >= 4 is 0 Å². The van der Waals surface area contributed by atoms with Crippen molar-refractivity contribution in [3.8, 4) is 17.5 Å². The first kappa shape index (κ1) is 12.2. The van der Waals surface area contributed by atoms with E-state index in [1.807, 2.05) is 6.07 Å². The van der Waals surface area contributed by atoms with E-state index < -0.39 is 6.29 Å². The largest absolute Gasteiger partial charge is 0.350 e. The molecule has 0 aliphatic heterocycles. The molecule has 0 radical (unpaired) electrons. The summed E-state index contributed by atoms with van der Waals surface area (Å²) in [7, 11) is 3.09. The van der Waals surface area contributed by atoms with Gasteiger partial charge in [-0.1, -0.05) is 6.07 Å². The Morgan fingerprint density at radius 1 is 1.28 bits per heavy atom. The Hall–Kier alpha value is -2.23. The van der Waals surface area contributed by atoms with E-state index in [1.54, 1.807) is 38.5 Å². The van der Waals surface area contributed by atoms with E-state index in [4.69, 9.17) is 14.7 Å². The first-order valence-electron chi connectivity index (χ1n) is 5.27. The topological polar surface area (TPSA) is 83.8 Å². The first-order valence-corrected chi connectivity index (χ1v) is 5.27. The number of H-pyrrole nitrogens is 1. The van der Waals surface area contributed by atoms with Crippen LogP contribution in [0.15, 0.2) is 24.3 Å². The number of rotatable bonds is 4. The Kier molecular flexibility index (Phi) is 3.67. The molecule has 0 fully saturated rings. The van der Waals surface area contributed by atoms with Crippen molar-refractivity contribution in [1.82, 2.24) is 15.2 Å². The second-order valence-electron chi connectivity index (χ2n) is 3.53. The van der Waals surface area contributed by atoms with E-state index in [0.29, 0.717) is 22.8 Å². The van der Waals surface area contributed by atoms with Crippen molar-refractivity contribution in [1.29, 1.82) is 5.26 Å². The fourth-order valence-corrected chi connectivity index (χ4v) is 1.58. The lowest BCUT2D eigenvalue weighted by atomic mass is 10.2. The van der Waals surface area contributed by atoms with Gasteiger partial charge in [0.1, 0.15) is 17.5 Å². The molecular formula is C12H12N4O2. The average molecular weight is 244 g/mol. The number of nitrogens with zero attached hydrogens (tertiary/aromatic N) is 3. The summed E-state index contributed by atoms with van der Waals surface area (Å²) in [6, 6.07) is 8.96. The van der Waals surface area contributed by atoms with Crippen LogP contribution in [0.25, 0.3) is 11.4 Å². The molecule has 0 saturated heterocycles. The number of methoxy groups -OCH3 is 2. The third kappa shape index (κ3) is 2.37. The highest BCUT2D eigenvalue weighted by Crippen LogP contribution is 2.21. The van der Waals surface area contributed by atoms with Crippen molar-refractivity contribution in [2.45, 2.75) is 6.29 Å². The zero-order valence-corrected chi connectivity index (χ0v) is 10.0. The number of nitriles is 1. The molecule has 0 spiro atoms. The van der Waals surface area contributed by atoms with Gasteiger partial charge in [0.15, 0.2) is 6.29 Å². The smallest absolute Gasteiger partial charge is 0.199 e. The number of aromatic nitrogens is 3. The van der Waals surface area contributed by atoms with Crippen LogP contribution in [0.2, 0.25) is 0 Å². The maximum atomic E-state index is 8.80. The van der Waals surface area contributed by atoms with Gasteiger partial charge in [-0.15, -0.1) is 0 Å². The van der Waals surface area contributed by atoms with Crippen LogP contribution in [0, 0.1) is 11.3 Å². The van der Waals surface area contributed by atoms with Gasteiger partial charge in [-0.2, -0.15) is 10.4 Å². The van der Waals surface area contributed by atoms with Gasteiger partial charge in [0, 0.05) is 14.2 Å². The summed E-state index contributed by atoms with van der Waals surface area (Å²) in [5, 5.41) is 15.7. The fourth-order valence-electron chi connectivity index (χ4n) is 1.58. The molecular weight excluding hydrogens is 232 g/mol. The molecule has 2 aromatic rings. The highest BCUT2D eigenvalue weighted by molar-refractivity contribution is 5.55. The number of hydrogen-bond donors (Lipinski definition) is 1. The fraction of sp³-hybridized carbons (Fsp3) is 0.250. The van der Waals surface area contributed by atoms with Crippen LogP contribution >= 0.6 is 0 Å². The molecule has 0 saturated carbocycles. The summed E-state index contributed by atoms with van der Waals surface area (Å²) in [6.45, 7) is 0. The Morgan fingerprint density at radius 3 is 2.72 bits per heavy atom. The lowest BCUT2D eigenvalue weighted by Crippen LogP contribution is -2.03. The predicted octanol–water partition coefficient (Wildman–Crippen LogP) is 1.63. The van der Waals surface area contributed by atoms with Crippen molar-refractivity contribution in [3.63, 3.8) is 0 Å². The van der Waals surface area contributed by atoms with Crippen molar-refractivity contribution in [2.24, 2.45) is 0 Å². The van der Waals surface area contributed by atoms with E-state index in [9.17, 15) is 0 Å². The molecule has 6 nitrogen and oxygen atoms in total. The number of ether oxygens (including phenoxy) is 2. The van der Waals surface area contributed by atoms with Crippen molar-refractivity contribution in [2.75, 3.05) is 14.2 Å². The number of pyridine rings is 1. The lowest BCUT2D eigenvalue weighted by Gasteiger charge is -2.09. The zero-order chi connectivity index (χ0) is 13.0. The molecule has 0 aromatic carbocycles. The van der Waals surface area contributed by atoms with Crippen LogP contribution in [0.1, 0.15) is 17.7 Å². The second kappa shape index (κ2) is 5.40. The molecule has 0 aliphatic rings. The van der Waals surface area contributed by atoms with Gasteiger partial charge in [0.2, 0.25) is 0 Å². The summed E-state index contributed by atoms with van der Waals surface area (Å²) < 4.78 is 10.2. The van der Waals surface area contributed by atoms with Gasteiger partial charge < -0.3 is 9.47 Å². The number of aromatic amines is 1. The van der Waals surface area contributed by atoms with Crippen LogP contribution in [0.5, 0.6) is 0 Å². The molecule has 0 unspecified atom stereocenters. The third-order valence-electron chi connectivity index (χ3n) is 2.41. The molecule has 2 heterocycles. The SMILES string of the molecule is COC(OC)c1cc(-c2cccc(C#N)n2)n[nH]1. The Labute approximate surface area is 104 Å². The van der Waals surface area contributed by atoms with E-state index in [1.165, 1.54) is 0 Å². The maximum Gasteiger partial charge on any atom is 0.199 e. The summed E-state index contributed by atoms with van der Waals surface area (Å²) >= 11 is 0. The third-order valence-corrected chi connectivity index (χ3v) is 2.41. The summed E-state index contributed by atoms with van der Waals surface area (Å²) in [6.07, 6.45) is -0.495. The molecule has 2 rings (SSSR count). The molecule has 18 heavy (non-hydrogen) atoms. The quantitative estimate of drug-likeness (QED) is 0.826. The van der Waals surface area contributed by atoms with Crippen LogP contribution in [-0.2, 0) is 9.47 Å². The van der Waals surface area contributed by atoms with E-state index >= 15 is 0 Å². The molecule has 6 heteroatoms. The standard InChI is InChI=1S/C12H12N4O2/c1-17-12(18-2)11-6-10(15-16-11)9-5-3-4-8(7-13)14-9/h3-6,12H,1-2H3,(H,15,16). The normalized spacial score (nSPS) is 10.6. The van der Waals surface area contributed by atoms with E-state index in [-0.39, 0.29) is 0 Å². The van der Waals surface area contributed by atoms with E-state index in [2.05, 4.69) is 15.2 Å². The predicted molar refractivity (Wildman–Crippen MR) is 63.3 cm³/mol. The lowest BCUT2D eigenvalue weighted by molar-refractivity contribution is -0.108. The minimum Gasteiger partial charge on any atom is -0.350 e. The van der Waals surface area contributed by atoms with Crippen LogP contribution in [-0.4, -0.2) is 29.4 Å². The van der Waals surface area contributed by atoms with Crippen molar-refractivity contribution < 1.29 is 9.47 Å². The molecule has 92 valence electrons. The average Bonchev–Trinajstić information content (AvgIpc) is 2.90. The van der Waals surface area contributed by atoms with Crippen LogP contribution in [0.4, 0.5) is 0 Å². The minimum atomic E-state index is -0.495. The van der Waals surface area contributed by atoms with Crippen molar-refractivity contribution in [3.05, 3.63) is 35.7 Å². The Morgan fingerprint density at radius 2 is 2.06 bits per heavy atom. The number of hydrogen-bond acceptors (Lipinski definition) is 5. The minimum absolute atomic E-state index is 0.354. The molecule has 2 aromatic heterocycles. The van der Waals surface area contributed by atoms with Gasteiger partial charge in [-0.3, -0.25) is 5.10 Å². The second-order valence-corrected chi connectivity index (χ2v) is 3.53. The maximum absolute atomic E-state index is 8.80. The molecule has 0 atom stereocenters. The zero-order valence-electron chi connectivity index (χ0n) is 10.0. The van der Waals surface area contributed by atoms with Crippen LogP contribution in [0.3, 0.4) is 0 Å². The van der Waals surface area contributed by atoms with Gasteiger partial charge in [-0.05, 0) is 18.2 Å². The highest BCUT2D eigenvalue weighted by Gasteiger charge is 2.13. The first-order chi connectivity index (χ1) is 8.78. The van der Waals surface area contributed by atoms with E-state index in [0.717, 1.165) is 0 Å². The summed E-state index contributed by atoms with van der Waals surface area (Å²) in [4.78, 5) is 4.16. The summed E-state index contributed by atoms with van der Waals surface area (Å²) in [5.74, 6) is 0. The molecule has 1 N–H and O–H groups in total. The highest BCUT2D eigenvalue weighted by atomic mass is 16.7. The van der Waals surface area contributed by atoms with Gasteiger partial charge in [0.25, 0.3) is 0 Å². The van der Waals surface area contributed by atoms with Gasteiger partial charge in [-0.25, -0.2) is 4.98 Å². The summed E-state index contributed by atoms with van der Waals surface area (Å²) in [5.41, 5.74) is 2.31. The van der Waals surface area contributed by atoms with Gasteiger partial charge in [0.05, 0.1) is 11.4 Å². The molecule has 0 amide bonds. The monoisotopic (exact) mass is 244 g/mol. The van der Waals surface area contributed by atoms with Crippen LogP contribution < -0.4 is 0 Å². The number of nitrogens with one attached hydrogen (secondary N) is 1. The van der Waals surface area contributed by atoms with Gasteiger partial charge >= 0.3 is 0 Å². The molecule has 0 bridgehead atoms. The Balaban J connectivity index is 2.32. The Bertz CT molecular complexity index is 569.